The summed E-state index contributed by atoms with van der Waals surface area (Å²) in [6.45, 7) is 1.73. The van der Waals surface area contributed by atoms with Crippen LogP contribution in [0, 0.1) is 0 Å². The van der Waals surface area contributed by atoms with E-state index < -0.39 is 6.04 Å². The first-order valence-electron chi connectivity index (χ1n) is 6.78. The molecule has 20 heavy (non-hydrogen) atoms. The number of fused-ring (bicyclic) bond motifs is 1. The standard InChI is InChI=1S/C15H21N3O2/c1-20-11-13(16)15(19)17-8-4-9-18-10-7-12-5-2-3-6-14(12)18/h2-3,5-7,10,13H,4,8-9,11,16H2,1H3,(H,17,19). The summed E-state index contributed by atoms with van der Waals surface area (Å²) in [4.78, 5) is 11.6. The lowest BCUT2D eigenvalue weighted by molar-refractivity contribution is -0.123. The Balaban J connectivity index is 1.77. The molecule has 2 rings (SSSR count). The second kappa shape index (κ2) is 7.07. The van der Waals surface area contributed by atoms with Gasteiger partial charge in [0, 0.05) is 31.9 Å². The quantitative estimate of drug-likeness (QED) is 0.744. The van der Waals surface area contributed by atoms with Gasteiger partial charge in [0.2, 0.25) is 5.91 Å². The average Bonchev–Trinajstić information content (AvgIpc) is 2.87. The largest absolute Gasteiger partial charge is 0.383 e. The highest BCUT2D eigenvalue weighted by molar-refractivity contribution is 5.81. The van der Waals surface area contributed by atoms with Gasteiger partial charge < -0.3 is 20.4 Å². The maximum Gasteiger partial charge on any atom is 0.239 e. The van der Waals surface area contributed by atoms with Crippen LogP contribution in [0.25, 0.3) is 10.9 Å². The summed E-state index contributed by atoms with van der Waals surface area (Å²) in [5.74, 6) is -0.163. The fraction of sp³-hybridized carbons (Fsp3) is 0.400. The molecular weight excluding hydrogens is 254 g/mol. The lowest BCUT2D eigenvalue weighted by atomic mass is 10.2. The molecule has 1 atom stereocenters. The number of para-hydroxylation sites is 1. The number of carbonyl (C=O) groups is 1. The maximum absolute atomic E-state index is 11.6. The zero-order valence-corrected chi connectivity index (χ0v) is 11.7. The number of methoxy groups -OCH3 is 1. The molecular formula is C15H21N3O2. The third-order valence-corrected chi connectivity index (χ3v) is 3.24. The Bertz CT molecular complexity index is 565. The Labute approximate surface area is 118 Å². The van der Waals surface area contributed by atoms with Gasteiger partial charge in [0.25, 0.3) is 0 Å². The molecule has 0 radical (unpaired) electrons. The van der Waals surface area contributed by atoms with Crippen molar-refractivity contribution in [1.29, 1.82) is 0 Å². The van der Waals surface area contributed by atoms with E-state index >= 15 is 0 Å². The van der Waals surface area contributed by atoms with Gasteiger partial charge in [-0.15, -0.1) is 0 Å². The van der Waals surface area contributed by atoms with Crippen LogP contribution < -0.4 is 11.1 Å². The molecule has 0 spiro atoms. The molecule has 1 unspecified atom stereocenters. The topological polar surface area (TPSA) is 69.3 Å². The molecule has 1 heterocycles. The van der Waals surface area contributed by atoms with E-state index in [1.165, 1.54) is 18.0 Å². The first-order valence-corrected chi connectivity index (χ1v) is 6.78. The number of aryl methyl sites for hydroxylation is 1. The number of nitrogens with one attached hydrogen (secondary N) is 1. The summed E-state index contributed by atoms with van der Waals surface area (Å²) in [7, 11) is 1.53. The number of rotatable bonds is 7. The summed E-state index contributed by atoms with van der Waals surface area (Å²) >= 11 is 0. The molecule has 0 bridgehead atoms. The Morgan fingerprint density at radius 3 is 3.00 bits per heavy atom. The lowest BCUT2D eigenvalue weighted by Crippen LogP contribution is -2.43. The van der Waals surface area contributed by atoms with Gasteiger partial charge in [-0.25, -0.2) is 0 Å². The van der Waals surface area contributed by atoms with Crippen LogP contribution in [0.15, 0.2) is 36.5 Å². The monoisotopic (exact) mass is 275 g/mol. The van der Waals surface area contributed by atoms with Gasteiger partial charge in [0.1, 0.15) is 6.04 Å². The van der Waals surface area contributed by atoms with E-state index in [-0.39, 0.29) is 12.5 Å². The van der Waals surface area contributed by atoms with Crippen molar-refractivity contribution in [2.45, 2.75) is 19.0 Å². The second-order valence-corrected chi connectivity index (χ2v) is 4.77. The van der Waals surface area contributed by atoms with Gasteiger partial charge in [0.05, 0.1) is 6.61 Å². The van der Waals surface area contributed by atoms with Crippen molar-refractivity contribution >= 4 is 16.8 Å². The van der Waals surface area contributed by atoms with Gasteiger partial charge in [-0.3, -0.25) is 4.79 Å². The van der Waals surface area contributed by atoms with E-state index in [1.54, 1.807) is 0 Å². The number of hydrogen-bond donors (Lipinski definition) is 2. The normalized spacial score (nSPS) is 12.5. The number of nitrogens with two attached hydrogens (primary N) is 1. The van der Waals surface area contributed by atoms with Crippen molar-refractivity contribution in [1.82, 2.24) is 9.88 Å². The molecule has 1 aromatic carbocycles. The van der Waals surface area contributed by atoms with E-state index in [1.807, 2.05) is 12.1 Å². The fourth-order valence-electron chi connectivity index (χ4n) is 2.18. The van der Waals surface area contributed by atoms with Gasteiger partial charge >= 0.3 is 0 Å². The van der Waals surface area contributed by atoms with Crippen molar-refractivity contribution in [2.75, 3.05) is 20.3 Å². The number of benzene rings is 1. The molecule has 0 aliphatic carbocycles. The van der Waals surface area contributed by atoms with E-state index in [0.29, 0.717) is 6.54 Å². The summed E-state index contributed by atoms with van der Waals surface area (Å²) in [5, 5.41) is 4.06. The van der Waals surface area contributed by atoms with Crippen LogP contribution in [0.1, 0.15) is 6.42 Å². The van der Waals surface area contributed by atoms with Crippen molar-refractivity contribution in [3.63, 3.8) is 0 Å². The number of hydrogen-bond acceptors (Lipinski definition) is 3. The Morgan fingerprint density at radius 2 is 2.20 bits per heavy atom. The minimum Gasteiger partial charge on any atom is -0.383 e. The molecule has 5 heteroatoms. The number of carbonyl (C=O) groups excluding carboxylic acids is 1. The van der Waals surface area contributed by atoms with Crippen molar-refractivity contribution in [2.24, 2.45) is 5.73 Å². The molecule has 2 aromatic rings. The second-order valence-electron chi connectivity index (χ2n) is 4.77. The van der Waals surface area contributed by atoms with Crippen LogP contribution >= 0.6 is 0 Å². The Hall–Kier alpha value is -1.85. The first-order chi connectivity index (χ1) is 9.72. The van der Waals surface area contributed by atoms with Gasteiger partial charge in [-0.2, -0.15) is 0 Å². The van der Waals surface area contributed by atoms with Crippen LogP contribution in [0.4, 0.5) is 0 Å². The Kier molecular flexibility index (Phi) is 5.15. The summed E-state index contributed by atoms with van der Waals surface area (Å²) in [6, 6.07) is 9.77. The van der Waals surface area contributed by atoms with Gasteiger partial charge in [0.15, 0.2) is 0 Å². The number of amides is 1. The maximum atomic E-state index is 11.6. The highest BCUT2D eigenvalue weighted by atomic mass is 16.5. The predicted octanol–water partition coefficient (Wildman–Crippen LogP) is 1.12. The number of nitrogens with zero attached hydrogens (tertiary/aromatic N) is 1. The molecule has 0 fully saturated rings. The molecule has 1 aromatic heterocycles. The molecule has 108 valence electrons. The molecule has 1 amide bonds. The molecule has 0 saturated carbocycles. The van der Waals surface area contributed by atoms with E-state index in [4.69, 9.17) is 10.5 Å². The van der Waals surface area contributed by atoms with Gasteiger partial charge in [-0.1, -0.05) is 18.2 Å². The summed E-state index contributed by atoms with van der Waals surface area (Å²) in [5.41, 5.74) is 6.85. The number of aromatic nitrogens is 1. The summed E-state index contributed by atoms with van der Waals surface area (Å²) < 4.78 is 7.04. The predicted molar refractivity (Wildman–Crippen MR) is 79.4 cm³/mol. The van der Waals surface area contributed by atoms with Crippen molar-refractivity contribution < 1.29 is 9.53 Å². The SMILES string of the molecule is COCC(N)C(=O)NCCCn1ccc2ccccc21. The van der Waals surface area contributed by atoms with Crippen LogP contribution in [-0.2, 0) is 16.1 Å². The third kappa shape index (κ3) is 3.59. The zero-order chi connectivity index (χ0) is 14.4. The summed E-state index contributed by atoms with van der Waals surface area (Å²) in [6.07, 6.45) is 2.94. The lowest BCUT2D eigenvalue weighted by Gasteiger charge is -2.11. The minimum atomic E-state index is -0.590. The van der Waals surface area contributed by atoms with Crippen LogP contribution in [0.3, 0.4) is 0 Å². The molecule has 0 aliphatic rings. The zero-order valence-electron chi connectivity index (χ0n) is 11.7. The van der Waals surface area contributed by atoms with Crippen LogP contribution in [0.2, 0.25) is 0 Å². The Morgan fingerprint density at radius 1 is 1.40 bits per heavy atom. The molecule has 5 nitrogen and oxygen atoms in total. The smallest absolute Gasteiger partial charge is 0.239 e. The van der Waals surface area contributed by atoms with Gasteiger partial charge in [-0.05, 0) is 23.9 Å². The average molecular weight is 275 g/mol. The van der Waals surface area contributed by atoms with Crippen LogP contribution in [0.5, 0.6) is 0 Å². The highest BCUT2D eigenvalue weighted by Crippen LogP contribution is 2.15. The molecule has 0 aliphatic heterocycles. The highest BCUT2D eigenvalue weighted by Gasteiger charge is 2.11. The van der Waals surface area contributed by atoms with Crippen LogP contribution in [-0.4, -0.2) is 36.8 Å². The minimum absolute atomic E-state index is 0.163. The fourth-order valence-corrected chi connectivity index (χ4v) is 2.18. The first kappa shape index (κ1) is 14.6. The molecule has 3 N–H and O–H groups in total. The number of ether oxygens (including phenoxy) is 1. The molecule has 0 saturated heterocycles. The van der Waals surface area contributed by atoms with Crippen molar-refractivity contribution in [3.8, 4) is 0 Å². The van der Waals surface area contributed by atoms with E-state index in [0.717, 1.165) is 13.0 Å². The van der Waals surface area contributed by atoms with Crippen molar-refractivity contribution in [3.05, 3.63) is 36.5 Å². The van der Waals surface area contributed by atoms with E-state index in [9.17, 15) is 4.79 Å². The van der Waals surface area contributed by atoms with E-state index in [2.05, 4.69) is 34.3 Å². The third-order valence-electron chi connectivity index (χ3n) is 3.24.